The van der Waals surface area contributed by atoms with Crippen molar-refractivity contribution in [2.45, 2.75) is 33.1 Å². The van der Waals surface area contributed by atoms with E-state index in [1.165, 1.54) is 12.8 Å². The number of aromatic nitrogens is 2. The number of unbranched alkanes of at least 4 members (excludes halogenated alkanes) is 2. The second kappa shape index (κ2) is 6.19. The smallest absolute Gasteiger partial charge is 0.218 e. The van der Waals surface area contributed by atoms with E-state index in [2.05, 4.69) is 22.3 Å². The predicted octanol–water partition coefficient (Wildman–Crippen LogP) is 1.64. The van der Waals surface area contributed by atoms with Crippen LogP contribution in [0.1, 0.15) is 32.0 Å². The molecule has 84 valence electrons. The van der Waals surface area contributed by atoms with Crippen molar-refractivity contribution in [3.63, 3.8) is 0 Å². The third-order valence-electron chi connectivity index (χ3n) is 1.96. The number of nitrogens with two attached hydrogens (primary N) is 1. The van der Waals surface area contributed by atoms with E-state index in [1.54, 1.807) is 13.0 Å². The maximum atomic E-state index is 5.48. The fraction of sp³-hybridized carbons (Fsp3) is 0.600. The number of nitrogens with one attached hydrogen (secondary N) is 1. The van der Waals surface area contributed by atoms with Crippen molar-refractivity contribution in [2.75, 3.05) is 12.0 Å². The first-order valence-corrected chi connectivity index (χ1v) is 5.21. The maximum Gasteiger partial charge on any atom is 0.218 e. The minimum Gasteiger partial charge on any atom is -0.478 e. The number of hydrazine groups is 1. The minimum absolute atomic E-state index is 0.576. The van der Waals surface area contributed by atoms with E-state index in [4.69, 9.17) is 10.6 Å². The van der Waals surface area contributed by atoms with Crippen molar-refractivity contribution in [3.05, 3.63) is 11.9 Å². The van der Waals surface area contributed by atoms with E-state index in [-0.39, 0.29) is 0 Å². The average Bonchev–Trinajstić information content (AvgIpc) is 2.23. The number of nitrogens with zero attached hydrogens (tertiary/aromatic N) is 2. The standard InChI is InChI=1S/C10H18N4O/c1-3-4-5-6-15-10-7-9(14-11)12-8(2)13-10/h7H,3-6,11H2,1-2H3,(H,12,13,14). The Morgan fingerprint density at radius 3 is 2.87 bits per heavy atom. The van der Waals surface area contributed by atoms with Gasteiger partial charge in [-0.15, -0.1) is 0 Å². The zero-order valence-corrected chi connectivity index (χ0v) is 9.29. The van der Waals surface area contributed by atoms with E-state index >= 15 is 0 Å². The Balaban J connectivity index is 2.49. The van der Waals surface area contributed by atoms with Crippen LogP contribution in [0.3, 0.4) is 0 Å². The van der Waals surface area contributed by atoms with Crippen LogP contribution in [-0.2, 0) is 0 Å². The quantitative estimate of drug-likeness (QED) is 0.424. The molecule has 0 fully saturated rings. The molecule has 1 rings (SSSR count). The molecule has 5 nitrogen and oxygen atoms in total. The van der Waals surface area contributed by atoms with Gasteiger partial charge in [-0.2, -0.15) is 4.98 Å². The lowest BCUT2D eigenvalue weighted by Crippen LogP contribution is -2.10. The number of anilines is 1. The van der Waals surface area contributed by atoms with Gasteiger partial charge in [0.25, 0.3) is 0 Å². The Kier molecular flexibility index (Phi) is 4.83. The summed E-state index contributed by atoms with van der Waals surface area (Å²) in [7, 11) is 0. The van der Waals surface area contributed by atoms with Gasteiger partial charge in [-0.1, -0.05) is 19.8 Å². The van der Waals surface area contributed by atoms with Gasteiger partial charge in [0.1, 0.15) is 11.6 Å². The van der Waals surface area contributed by atoms with Gasteiger partial charge >= 0.3 is 0 Å². The zero-order chi connectivity index (χ0) is 11.1. The van der Waals surface area contributed by atoms with Gasteiger partial charge in [0.2, 0.25) is 5.88 Å². The van der Waals surface area contributed by atoms with Crippen LogP contribution in [-0.4, -0.2) is 16.6 Å². The summed E-state index contributed by atoms with van der Waals surface area (Å²) in [6.45, 7) is 4.65. The van der Waals surface area contributed by atoms with Crippen molar-refractivity contribution >= 4 is 5.82 Å². The average molecular weight is 210 g/mol. The number of aryl methyl sites for hydroxylation is 1. The third kappa shape index (κ3) is 4.12. The monoisotopic (exact) mass is 210 g/mol. The highest BCUT2D eigenvalue weighted by Gasteiger charge is 2.01. The van der Waals surface area contributed by atoms with Gasteiger partial charge < -0.3 is 10.2 Å². The largest absolute Gasteiger partial charge is 0.478 e. The molecule has 0 atom stereocenters. The lowest BCUT2D eigenvalue weighted by atomic mass is 10.3. The molecule has 1 aromatic heterocycles. The first kappa shape index (κ1) is 11.7. The van der Waals surface area contributed by atoms with E-state index < -0.39 is 0 Å². The van der Waals surface area contributed by atoms with E-state index in [0.717, 1.165) is 6.42 Å². The van der Waals surface area contributed by atoms with Crippen LogP contribution < -0.4 is 16.0 Å². The molecule has 0 unspecified atom stereocenters. The van der Waals surface area contributed by atoms with Crippen LogP contribution in [0.2, 0.25) is 0 Å². The summed E-state index contributed by atoms with van der Waals surface area (Å²) in [5.74, 6) is 7.07. The Bertz CT molecular complexity index is 303. The Morgan fingerprint density at radius 1 is 1.40 bits per heavy atom. The summed E-state index contributed by atoms with van der Waals surface area (Å²) in [4.78, 5) is 8.22. The van der Waals surface area contributed by atoms with Crippen molar-refractivity contribution in [2.24, 2.45) is 5.84 Å². The highest BCUT2D eigenvalue weighted by atomic mass is 16.5. The normalized spacial score (nSPS) is 10.1. The molecule has 0 aromatic carbocycles. The van der Waals surface area contributed by atoms with Gasteiger partial charge in [-0.3, -0.25) is 0 Å². The first-order valence-electron chi connectivity index (χ1n) is 5.21. The molecule has 5 heteroatoms. The highest BCUT2D eigenvalue weighted by molar-refractivity contribution is 5.36. The molecule has 0 aliphatic carbocycles. The van der Waals surface area contributed by atoms with Gasteiger partial charge in [0.05, 0.1) is 6.61 Å². The van der Waals surface area contributed by atoms with Crippen molar-refractivity contribution in [1.29, 1.82) is 0 Å². The third-order valence-corrected chi connectivity index (χ3v) is 1.96. The molecular formula is C10H18N4O. The SMILES string of the molecule is CCCCCOc1cc(NN)nc(C)n1. The topological polar surface area (TPSA) is 73.1 Å². The van der Waals surface area contributed by atoms with E-state index in [9.17, 15) is 0 Å². The zero-order valence-electron chi connectivity index (χ0n) is 9.29. The van der Waals surface area contributed by atoms with Crippen LogP contribution in [0.4, 0.5) is 5.82 Å². The van der Waals surface area contributed by atoms with Crippen LogP contribution in [0.25, 0.3) is 0 Å². The maximum absolute atomic E-state index is 5.48. The lowest BCUT2D eigenvalue weighted by molar-refractivity contribution is 0.294. The first-order chi connectivity index (χ1) is 7.26. The van der Waals surface area contributed by atoms with Crippen LogP contribution in [0.15, 0.2) is 6.07 Å². The molecule has 0 bridgehead atoms. The van der Waals surface area contributed by atoms with Crippen molar-refractivity contribution in [1.82, 2.24) is 9.97 Å². The molecule has 3 N–H and O–H groups in total. The van der Waals surface area contributed by atoms with Crippen molar-refractivity contribution in [3.8, 4) is 5.88 Å². The summed E-state index contributed by atoms with van der Waals surface area (Å²) >= 11 is 0. The second-order valence-electron chi connectivity index (χ2n) is 3.34. The molecule has 0 aliphatic heterocycles. The molecule has 0 spiro atoms. The number of ether oxygens (including phenoxy) is 1. The summed E-state index contributed by atoms with van der Waals surface area (Å²) < 4.78 is 5.48. The Hall–Kier alpha value is -1.36. The minimum atomic E-state index is 0.576. The van der Waals surface area contributed by atoms with Crippen molar-refractivity contribution < 1.29 is 4.74 Å². The molecule has 0 saturated heterocycles. The molecule has 0 amide bonds. The summed E-state index contributed by atoms with van der Waals surface area (Å²) in [6, 6.07) is 1.69. The molecular weight excluding hydrogens is 192 g/mol. The number of hydrogen-bond donors (Lipinski definition) is 2. The van der Waals surface area contributed by atoms with Crippen LogP contribution in [0.5, 0.6) is 5.88 Å². The fourth-order valence-electron chi connectivity index (χ4n) is 1.22. The Morgan fingerprint density at radius 2 is 2.20 bits per heavy atom. The molecule has 15 heavy (non-hydrogen) atoms. The van der Waals surface area contributed by atoms with Crippen LogP contribution in [0, 0.1) is 6.92 Å². The highest BCUT2D eigenvalue weighted by Crippen LogP contribution is 2.12. The lowest BCUT2D eigenvalue weighted by Gasteiger charge is -2.07. The summed E-state index contributed by atoms with van der Waals surface area (Å²) in [5.41, 5.74) is 2.48. The number of rotatable bonds is 6. The second-order valence-corrected chi connectivity index (χ2v) is 3.34. The predicted molar refractivity (Wildman–Crippen MR) is 59.6 cm³/mol. The molecule has 0 aliphatic rings. The van der Waals surface area contributed by atoms with Gasteiger partial charge in [-0.25, -0.2) is 10.8 Å². The fourth-order valence-corrected chi connectivity index (χ4v) is 1.22. The molecule has 1 aromatic rings. The van der Waals surface area contributed by atoms with Gasteiger partial charge in [0, 0.05) is 6.07 Å². The summed E-state index contributed by atoms with van der Waals surface area (Å²) in [5, 5.41) is 0. The van der Waals surface area contributed by atoms with Crippen LogP contribution >= 0.6 is 0 Å². The van der Waals surface area contributed by atoms with Gasteiger partial charge in [0.15, 0.2) is 0 Å². The van der Waals surface area contributed by atoms with E-state index in [0.29, 0.717) is 24.1 Å². The Labute approximate surface area is 90.0 Å². The van der Waals surface area contributed by atoms with Gasteiger partial charge in [-0.05, 0) is 13.3 Å². The number of nitrogen functional groups attached to an aromatic ring is 1. The summed E-state index contributed by atoms with van der Waals surface area (Å²) in [6.07, 6.45) is 3.40. The molecule has 0 radical (unpaired) electrons. The molecule has 1 heterocycles. The van der Waals surface area contributed by atoms with E-state index in [1.807, 2.05) is 0 Å². The molecule has 0 saturated carbocycles. The number of hydrogen-bond acceptors (Lipinski definition) is 5.